The van der Waals surface area contributed by atoms with Gasteiger partial charge in [-0.3, -0.25) is 4.79 Å². The maximum absolute atomic E-state index is 13.2. The molecule has 0 aliphatic carbocycles. The molecular formula is C27H25NO2. The van der Waals surface area contributed by atoms with E-state index < -0.39 is 0 Å². The Balaban J connectivity index is 1.84. The van der Waals surface area contributed by atoms with E-state index in [1.165, 1.54) is 11.1 Å². The number of ketones is 1. The van der Waals surface area contributed by atoms with Crippen LogP contribution in [-0.2, 0) is 6.42 Å². The largest absolute Gasteiger partial charge is 0.481 e. The Bertz CT molecular complexity index is 1230. The number of carbonyl (C=O) groups excluding carboxylic acids is 1. The van der Waals surface area contributed by atoms with Crippen LogP contribution in [0.4, 0.5) is 0 Å². The number of methoxy groups -OCH3 is 1. The Hall–Kier alpha value is -3.46. The monoisotopic (exact) mass is 395 g/mol. The van der Waals surface area contributed by atoms with Gasteiger partial charge >= 0.3 is 0 Å². The van der Waals surface area contributed by atoms with E-state index in [1.54, 1.807) is 7.11 Å². The molecule has 3 aromatic carbocycles. The number of hydrogen-bond acceptors (Lipinski definition) is 3. The van der Waals surface area contributed by atoms with Crippen LogP contribution < -0.4 is 4.74 Å². The number of aryl methyl sites for hydroxylation is 2. The summed E-state index contributed by atoms with van der Waals surface area (Å²) in [7, 11) is 1.62. The summed E-state index contributed by atoms with van der Waals surface area (Å²) in [6.07, 6.45) is 2.03. The third-order valence-electron chi connectivity index (χ3n) is 5.31. The van der Waals surface area contributed by atoms with E-state index in [2.05, 4.69) is 43.1 Å². The van der Waals surface area contributed by atoms with Crippen molar-refractivity contribution in [1.29, 1.82) is 0 Å². The number of benzene rings is 3. The van der Waals surface area contributed by atoms with Gasteiger partial charge in [-0.1, -0.05) is 61.4 Å². The van der Waals surface area contributed by atoms with Gasteiger partial charge in [-0.05, 0) is 54.3 Å². The van der Waals surface area contributed by atoms with Crippen molar-refractivity contribution in [3.8, 4) is 17.0 Å². The minimum Gasteiger partial charge on any atom is -0.481 e. The summed E-state index contributed by atoms with van der Waals surface area (Å²) in [5, 5.41) is 0.942. The number of carbonyl (C=O) groups is 1. The maximum atomic E-state index is 13.2. The van der Waals surface area contributed by atoms with Crippen LogP contribution in [0.1, 0.15) is 40.4 Å². The van der Waals surface area contributed by atoms with Crippen molar-refractivity contribution < 1.29 is 9.53 Å². The fraction of sp³-hybridized carbons (Fsp3) is 0.185. The Labute approximate surface area is 177 Å². The molecule has 30 heavy (non-hydrogen) atoms. The van der Waals surface area contributed by atoms with E-state index in [0.29, 0.717) is 11.4 Å². The zero-order valence-electron chi connectivity index (χ0n) is 17.6. The minimum atomic E-state index is 0.0286. The molecule has 0 amide bonds. The van der Waals surface area contributed by atoms with Crippen LogP contribution in [0.3, 0.4) is 0 Å². The molecule has 0 aliphatic rings. The van der Waals surface area contributed by atoms with Gasteiger partial charge in [0.25, 0.3) is 0 Å². The van der Waals surface area contributed by atoms with E-state index in [4.69, 9.17) is 4.74 Å². The van der Waals surface area contributed by atoms with Gasteiger partial charge in [0.05, 0.1) is 12.6 Å². The van der Waals surface area contributed by atoms with Gasteiger partial charge in [0.2, 0.25) is 5.88 Å². The molecule has 3 heteroatoms. The number of nitrogens with zero attached hydrogens (tertiary/aromatic N) is 1. The molecule has 150 valence electrons. The number of fused-ring (bicyclic) bond motifs is 1. The van der Waals surface area contributed by atoms with Gasteiger partial charge in [-0.25, -0.2) is 4.98 Å². The van der Waals surface area contributed by atoms with Crippen molar-refractivity contribution in [2.24, 2.45) is 0 Å². The van der Waals surface area contributed by atoms with Gasteiger partial charge in [-0.2, -0.15) is 0 Å². The molecule has 3 nitrogen and oxygen atoms in total. The summed E-state index contributed by atoms with van der Waals surface area (Å²) >= 11 is 0. The van der Waals surface area contributed by atoms with Crippen molar-refractivity contribution in [1.82, 2.24) is 4.98 Å². The lowest BCUT2D eigenvalue weighted by Gasteiger charge is -2.12. The van der Waals surface area contributed by atoms with E-state index in [1.807, 2.05) is 48.5 Å². The van der Waals surface area contributed by atoms with Crippen molar-refractivity contribution in [3.05, 3.63) is 95.1 Å². The summed E-state index contributed by atoms with van der Waals surface area (Å²) in [5.74, 6) is 0.589. The van der Waals surface area contributed by atoms with Crippen LogP contribution in [0.2, 0.25) is 0 Å². The number of rotatable bonds is 6. The predicted octanol–water partition coefficient (Wildman–Crippen LogP) is 6.40. The third-order valence-corrected chi connectivity index (χ3v) is 5.31. The zero-order valence-corrected chi connectivity index (χ0v) is 17.6. The first-order chi connectivity index (χ1) is 14.6. The topological polar surface area (TPSA) is 39.2 Å². The number of hydrogen-bond donors (Lipinski definition) is 0. The molecular weight excluding hydrogens is 370 g/mol. The van der Waals surface area contributed by atoms with Crippen LogP contribution in [0.5, 0.6) is 5.88 Å². The number of pyridine rings is 1. The van der Waals surface area contributed by atoms with Crippen LogP contribution in [0.25, 0.3) is 22.0 Å². The molecule has 0 N–H and O–H groups in total. The molecule has 0 spiro atoms. The Morgan fingerprint density at radius 2 is 1.73 bits per heavy atom. The lowest BCUT2D eigenvalue weighted by molar-refractivity contribution is 0.103. The summed E-state index contributed by atoms with van der Waals surface area (Å²) in [5.41, 5.74) is 6.65. The second kappa shape index (κ2) is 8.50. The maximum Gasteiger partial charge on any atom is 0.214 e. The highest BCUT2D eigenvalue weighted by Gasteiger charge is 2.14. The average Bonchev–Trinajstić information content (AvgIpc) is 2.78. The van der Waals surface area contributed by atoms with Gasteiger partial charge < -0.3 is 4.74 Å². The van der Waals surface area contributed by atoms with Crippen molar-refractivity contribution in [3.63, 3.8) is 0 Å². The molecule has 0 saturated heterocycles. The third kappa shape index (κ3) is 3.97. The van der Waals surface area contributed by atoms with E-state index in [9.17, 15) is 4.79 Å². The highest BCUT2D eigenvalue weighted by Crippen LogP contribution is 2.32. The molecule has 0 unspecified atom stereocenters. The van der Waals surface area contributed by atoms with Gasteiger partial charge in [0, 0.05) is 22.6 Å². The van der Waals surface area contributed by atoms with E-state index >= 15 is 0 Å². The minimum absolute atomic E-state index is 0.0286. The Kier molecular flexibility index (Phi) is 5.62. The average molecular weight is 396 g/mol. The molecule has 0 bridgehead atoms. The van der Waals surface area contributed by atoms with E-state index in [0.717, 1.165) is 40.4 Å². The fourth-order valence-electron chi connectivity index (χ4n) is 3.82. The lowest BCUT2D eigenvalue weighted by atomic mass is 9.95. The summed E-state index contributed by atoms with van der Waals surface area (Å²) < 4.78 is 5.42. The SMILES string of the molecule is CCCc1cccc(C(=O)c2ccc3nc(OC)cc(-c4cccc(C)c4)c3c2)c1. The zero-order chi connectivity index (χ0) is 21.1. The van der Waals surface area contributed by atoms with Crippen LogP contribution >= 0.6 is 0 Å². The molecule has 4 rings (SSSR count). The normalized spacial score (nSPS) is 10.9. The van der Waals surface area contributed by atoms with Crippen LogP contribution in [0.15, 0.2) is 72.8 Å². The second-order valence-electron chi connectivity index (χ2n) is 7.59. The van der Waals surface area contributed by atoms with Crippen molar-refractivity contribution >= 4 is 16.7 Å². The highest BCUT2D eigenvalue weighted by atomic mass is 16.5. The molecule has 0 saturated carbocycles. The Morgan fingerprint density at radius 1 is 0.933 bits per heavy atom. The first-order valence-electron chi connectivity index (χ1n) is 10.3. The molecule has 0 radical (unpaired) electrons. The number of aromatic nitrogens is 1. The first-order valence-corrected chi connectivity index (χ1v) is 10.3. The highest BCUT2D eigenvalue weighted by molar-refractivity contribution is 6.11. The Morgan fingerprint density at radius 3 is 2.50 bits per heavy atom. The molecule has 0 atom stereocenters. The molecule has 1 heterocycles. The molecule has 0 aliphatic heterocycles. The number of ether oxygens (including phenoxy) is 1. The van der Waals surface area contributed by atoms with Crippen LogP contribution in [-0.4, -0.2) is 17.9 Å². The van der Waals surface area contributed by atoms with Gasteiger partial charge in [0.15, 0.2) is 5.78 Å². The first kappa shape index (κ1) is 19.8. The predicted molar refractivity (Wildman–Crippen MR) is 122 cm³/mol. The summed E-state index contributed by atoms with van der Waals surface area (Å²) in [6.45, 7) is 4.22. The van der Waals surface area contributed by atoms with Crippen LogP contribution in [0, 0.1) is 6.92 Å². The van der Waals surface area contributed by atoms with Crippen molar-refractivity contribution in [2.45, 2.75) is 26.7 Å². The fourth-order valence-corrected chi connectivity index (χ4v) is 3.82. The molecule has 0 fully saturated rings. The second-order valence-corrected chi connectivity index (χ2v) is 7.59. The summed E-state index contributed by atoms with van der Waals surface area (Å²) in [6, 6.07) is 23.9. The smallest absolute Gasteiger partial charge is 0.214 e. The lowest BCUT2D eigenvalue weighted by Crippen LogP contribution is -2.03. The van der Waals surface area contributed by atoms with E-state index in [-0.39, 0.29) is 5.78 Å². The quantitative estimate of drug-likeness (QED) is 0.355. The summed E-state index contributed by atoms with van der Waals surface area (Å²) in [4.78, 5) is 17.8. The van der Waals surface area contributed by atoms with Gasteiger partial charge in [0.1, 0.15) is 0 Å². The van der Waals surface area contributed by atoms with Gasteiger partial charge in [-0.15, -0.1) is 0 Å². The standard InChI is InChI=1S/C27H25NO2/c1-4-7-19-9-6-11-21(15-19)27(29)22-12-13-25-24(16-22)23(17-26(28-25)30-3)20-10-5-8-18(2)14-20/h5-6,8-17H,4,7H2,1-3H3. The molecule has 1 aromatic heterocycles. The molecule has 4 aromatic rings. The van der Waals surface area contributed by atoms with Crippen molar-refractivity contribution in [2.75, 3.05) is 7.11 Å².